The molecule has 0 fully saturated rings. The van der Waals surface area contributed by atoms with Gasteiger partial charge in [-0.05, 0) is 30.5 Å². The van der Waals surface area contributed by atoms with Crippen molar-refractivity contribution in [2.45, 2.75) is 33.4 Å². The van der Waals surface area contributed by atoms with E-state index in [0.717, 1.165) is 0 Å². The molecule has 0 spiro atoms. The predicted octanol–water partition coefficient (Wildman–Crippen LogP) is 1.70. The minimum Gasteiger partial charge on any atom is -0.346 e. The Labute approximate surface area is 142 Å². The second kappa shape index (κ2) is 10.2. The van der Waals surface area contributed by atoms with Crippen molar-refractivity contribution in [3.05, 3.63) is 35.6 Å². The molecule has 130 valence electrons. The number of nitrogens with zero attached hydrogens (tertiary/aromatic N) is 1. The summed E-state index contributed by atoms with van der Waals surface area (Å²) in [5, 5.41) is 2.55. The van der Waals surface area contributed by atoms with E-state index in [-0.39, 0.29) is 42.5 Å². The fraction of sp³-hybridized carbons (Fsp3) is 0.500. The van der Waals surface area contributed by atoms with Gasteiger partial charge in [-0.25, -0.2) is 4.39 Å². The average Bonchev–Trinajstić information content (AvgIpc) is 2.49. The van der Waals surface area contributed by atoms with Gasteiger partial charge < -0.3 is 16.0 Å². The number of halogens is 2. The van der Waals surface area contributed by atoms with Gasteiger partial charge in [-0.3, -0.25) is 9.59 Å². The quantitative estimate of drug-likeness (QED) is 0.789. The monoisotopic (exact) mass is 345 g/mol. The average molecular weight is 346 g/mol. The molecule has 0 aliphatic carbocycles. The maximum absolute atomic E-state index is 13.2. The molecule has 0 aromatic heterocycles. The van der Waals surface area contributed by atoms with Crippen LogP contribution >= 0.6 is 12.4 Å². The van der Waals surface area contributed by atoms with Crippen LogP contribution in [0, 0.1) is 11.7 Å². The van der Waals surface area contributed by atoms with Gasteiger partial charge in [-0.1, -0.05) is 26.0 Å². The standard InChI is InChI=1S/C16H24FN3O2.ClH/c1-4-20(10-12-6-5-7-13(17)8-12)14(21)9-19-16(22)15(18)11(2)3;/h5-8,11,15H,4,9-10,18H2,1-3H3,(H,19,22);1H/t15-;/m0./s1. The van der Waals surface area contributed by atoms with Crippen molar-refractivity contribution in [2.75, 3.05) is 13.1 Å². The van der Waals surface area contributed by atoms with E-state index in [9.17, 15) is 14.0 Å². The zero-order chi connectivity index (χ0) is 16.7. The summed E-state index contributed by atoms with van der Waals surface area (Å²) < 4.78 is 13.2. The minimum atomic E-state index is -0.633. The highest BCUT2D eigenvalue weighted by atomic mass is 35.5. The first-order valence-electron chi connectivity index (χ1n) is 7.40. The number of rotatable bonds is 7. The SMILES string of the molecule is CCN(Cc1cccc(F)c1)C(=O)CNC(=O)[C@@H](N)C(C)C.Cl. The Morgan fingerprint density at radius 1 is 1.35 bits per heavy atom. The van der Waals surface area contributed by atoms with Crippen LogP contribution in [0.3, 0.4) is 0 Å². The molecule has 0 bridgehead atoms. The van der Waals surface area contributed by atoms with E-state index in [1.54, 1.807) is 17.0 Å². The molecule has 5 nitrogen and oxygen atoms in total. The summed E-state index contributed by atoms with van der Waals surface area (Å²) in [6.07, 6.45) is 0. The third kappa shape index (κ3) is 6.97. The summed E-state index contributed by atoms with van der Waals surface area (Å²) in [4.78, 5) is 25.4. The molecule has 0 heterocycles. The van der Waals surface area contributed by atoms with E-state index in [4.69, 9.17) is 5.73 Å². The van der Waals surface area contributed by atoms with E-state index >= 15 is 0 Å². The number of amides is 2. The Morgan fingerprint density at radius 2 is 2.00 bits per heavy atom. The molecule has 0 aliphatic heterocycles. The molecule has 0 saturated heterocycles. The zero-order valence-corrected chi connectivity index (χ0v) is 14.5. The van der Waals surface area contributed by atoms with Gasteiger partial charge in [-0.15, -0.1) is 12.4 Å². The second-order valence-electron chi connectivity index (χ2n) is 5.53. The van der Waals surface area contributed by atoms with E-state index < -0.39 is 6.04 Å². The highest BCUT2D eigenvalue weighted by Crippen LogP contribution is 2.07. The van der Waals surface area contributed by atoms with Crippen LogP contribution < -0.4 is 11.1 Å². The molecule has 2 amide bonds. The first kappa shape index (κ1) is 21.3. The molecular formula is C16H25ClFN3O2. The van der Waals surface area contributed by atoms with Gasteiger partial charge in [-0.2, -0.15) is 0 Å². The number of carbonyl (C=O) groups excluding carboxylic acids is 2. The van der Waals surface area contributed by atoms with Crippen LogP contribution in [-0.2, 0) is 16.1 Å². The molecule has 0 saturated carbocycles. The minimum absolute atomic E-state index is 0. The van der Waals surface area contributed by atoms with Crippen molar-refractivity contribution >= 4 is 24.2 Å². The molecule has 1 aromatic rings. The Hall–Kier alpha value is -1.66. The number of benzene rings is 1. The lowest BCUT2D eigenvalue weighted by molar-refractivity contribution is -0.133. The maximum atomic E-state index is 13.2. The van der Waals surface area contributed by atoms with E-state index in [2.05, 4.69) is 5.32 Å². The third-order valence-electron chi connectivity index (χ3n) is 3.43. The lowest BCUT2D eigenvalue weighted by atomic mass is 10.1. The molecule has 0 aliphatic rings. The highest BCUT2D eigenvalue weighted by molar-refractivity contribution is 5.87. The van der Waals surface area contributed by atoms with Crippen molar-refractivity contribution in [3.63, 3.8) is 0 Å². The van der Waals surface area contributed by atoms with Crippen molar-refractivity contribution in [2.24, 2.45) is 11.7 Å². The third-order valence-corrected chi connectivity index (χ3v) is 3.43. The lowest BCUT2D eigenvalue weighted by Gasteiger charge is -2.22. The van der Waals surface area contributed by atoms with Gasteiger partial charge in [0.2, 0.25) is 11.8 Å². The first-order chi connectivity index (χ1) is 10.3. The summed E-state index contributed by atoms with van der Waals surface area (Å²) >= 11 is 0. The molecule has 1 atom stereocenters. The number of nitrogens with two attached hydrogens (primary N) is 1. The molecule has 0 radical (unpaired) electrons. The van der Waals surface area contributed by atoms with Gasteiger partial charge >= 0.3 is 0 Å². The molecule has 1 rings (SSSR count). The first-order valence-corrected chi connectivity index (χ1v) is 7.40. The Balaban J connectivity index is 0.00000484. The van der Waals surface area contributed by atoms with Crippen LogP contribution in [0.25, 0.3) is 0 Å². The largest absolute Gasteiger partial charge is 0.346 e. The summed E-state index contributed by atoms with van der Waals surface area (Å²) in [5.41, 5.74) is 6.43. The predicted molar refractivity (Wildman–Crippen MR) is 90.6 cm³/mol. The fourth-order valence-electron chi connectivity index (χ4n) is 1.93. The second-order valence-corrected chi connectivity index (χ2v) is 5.53. The van der Waals surface area contributed by atoms with Crippen molar-refractivity contribution in [1.29, 1.82) is 0 Å². The van der Waals surface area contributed by atoms with Crippen molar-refractivity contribution in [1.82, 2.24) is 10.2 Å². The lowest BCUT2D eigenvalue weighted by Crippen LogP contribution is -2.47. The topological polar surface area (TPSA) is 75.4 Å². The molecule has 3 N–H and O–H groups in total. The molecule has 23 heavy (non-hydrogen) atoms. The van der Waals surface area contributed by atoms with Crippen LogP contribution in [0.15, 0.2) is 24.3 Å². The molecule has 0 unspecified atom stereocenters. The number of nitrogens with one attached hydrogen (secondary N) is 1. The van der Waals surface area contributed by atoms with Crippen LogP contribution in [0.5, 0.6) is 0 Å². The number of hydrogen-bond acceptors (Lipinski definition) is 3. The summed E-state index contributed by atoms with van der Waals surface area (Å²) in [6.45, 7) is 6.19. The van der Waals surface area contributed by atoms with Gasteiger partial charge in [0.25, 0.3) is 0 Å². The zero-order valence-electron chi connectivity index (χ0n) is 13.7. The smallest absolute Gasteiger partial charge is 0.242 e. The van der Waals surface area contributed by atoms with E-state index in [1.165, 1.54) is 12.1 Å². The molecular weight excluding hydrogens is 321 g/mol. The van der Waals surface area contributed by atoms with Crippen molar-refractivity contribution < 1.29 is 14.0 Å². The van der Waals surface area contributed by atoms with Crippen LogP contribution in [0.4, 0.5) is 4.39 Å². The number of carbonyl (C=O) groups is 2. The van der Waals surface area contributed by atoms with Crippen molar-refractivity contribution in [3.8, 4) is 0 Å². The van der Waals surface area contributed by atoms with Crippen LogP contribution in [0.2, 0.25) is 0 Å². The van der Waals surface area contributed by atoms with Gasteiger partial charge in [0.05, 0.1) is 12.6 Å². The van der Waals surface area contributed by atoms with Gasteiger partial charge in [0.15, 0.2) is 0 Å². The normalized spacial score (nSPS) is 11.6. The number of hydrogen-bond donors (Lipinski definition) is 2. The Kier molecular flexibility index (Phi) is 9.44. The summed E-state index contributed by atoms with van der Waals surface area (Å²) in [5.74, 6) is -0.900. The summed E-state index contributed by atoms with van der Waals surface area (Å²) in [7, 11) is 0. The Morgan fingerprint density at radius 3 is 2.52 bits per heavy atom. The summed E-state index contributed by atoms with van der Waals surface area (Å²) in [6, 6.07) is 5.47. The molecule has 1 aromatic carbocycles. The van der Waals surface area contributed by atoms with Crippen LogP contribution in [-0.4, -0.2) is 35.8 Å². The van der Waals surface area contributed by atoms with E-state index in [1.807, 2.05) is 20.8 Å². The van der Waals surface area contributed by atoms with Crippen LogP contribution in [0.1, 0.15) is 26.3 Å². The maximum Gasteiger partial charge on any atom is 0.242 e. The van der Waals surface area contributed by atoms with Gasteiger partial charge in [0.1, 0.15) is 5.82 Å². The molecule has 7 heteroatoms. The van der Waals surface area contributed by atoms with E-state index in [0.29, 0.717) is 18.7 Å². The highest BCUT2D eigenvalue weighted by Gasteiger charge is 2.19. The number of likely N-dealkylation sites (N-methyl/N-ethyl adjacent to an activating group) is 1. The Bertz CT molecular complexity index is 526. The van der Waals surface area contributed by atoms with Gasteiger partial charge in [0, 0.05) is 13.1 Å². The fourth-order valence-corrected chi connectivity index (χ4v) is 1.93.